The highest BCUT2D eigenvalue weighted by molar-refractivity contribution is 5.57. The van der Waals surface area contributed by atoms with Crippen LogP contribution < -0.4 is 10.6 Å². The Morgan fingerprint density at radius 2 is 2.00 bits per heavy atom. The van der Waals surface area contributed by atoms with E-state index in [0.29, 0.717) is 6.04 Å². The maximum Gasteiger partial charge on any atom is 0.134 e. The van der Waals surface area contributed by atoms with Crippen LogP contribution in [0.4, 0.5) is 11.6 Å². The van der Waals surface area contributed by atoms with Gasteiger partial charge in [0.2, 0.25) is 0 Å². The summed E-state index contributed by atoms with van der Waals surface area (Å²) in [5.41, 5.74) is 1.24. The van der Waals surface area contributed by atoms with Crippen LogP contribution in [0.25, 0.3) is 0 Å². The van der Waals surface area contributed by atoms with Crippen LogP contribution in [0, 0.1) is 11.8 Å². The van der Waals surface area contributed by atoms with E-state index in [0.717, 1.165) is 42.9 Å². The Hall–Kier alpha value is -1.32. The first-order valence-electron chi connectivity index (χ1n) is 8.16. The lowest BCUT2D eigenvalue weighted by molar-refractivity contribution is 0.438. The van der Waals surface area contributed by atoms with E-state index in [1.807, 2.05) is 0 Å². The van der Waals surface area contributed by atoms with Gasteiger partial charge in [-0.15, -0.1) is 0 Å². The van der Waals surface area contributed by atoms with E-state index in [1.165, 1.54) is 31.2 Å². The second-order valence-electron chi connectivity index (χ2n) is 6.26. The van der Waals surface area contributed by atoms with Gasteiger partial charge in [-0.05, 0) is 43.9 Å². The first kappa shape index (κ1) is 13.7. The van der Waals surface area contributed by atoms with Crippen LogP contribution in [-0.2, 0) is 6.42 Å². The fraction of sp³-hybridized carbons (Fsp3) is 0.750. The van der Waals surface area contributed by atoms with Gasteiger partial charge in [0.15, 0.2) is 0 Å². The fourth-order valence-electron chi connectivity index (χ4n) is 3.86. The molecule has 2 bridgehead atoms. The summed E-state index contributed by atoms with van der Waals surface area (Å²) in [6, 6.07) is 0.632. The van der Waals surface area contributed by atoms with Gasteiger partial charge in [-0.2, -0.15) is 0 Å². The number of nitrogens with zero attached hydrogens (tertiary/aromatic N) is 2. The zero-order chi connectivity index (χ0) is 13.9. The second-order valence-corrected chi connectivity index (χ2v) is 6.26. The fourth-order valence-corrected chi connectivity index (χ4v) is 3.86. The summed E-state index contributed by atoms with van der Waals surface area (Å²) in [4.78, 5) is 8.91. The van der Waals surface area contributed by atoms with E-state index in [9.17, 15) is 0 Å². The van der Waals surface area contributed by atoms with Crippen molar-refractivity contribution in [1.82, 2.24) is 9.97 Å². The molecule has 1 aromatic heterocycles. The Kier molecular flexibility index (Phi) is 4.08. The van der Waals surface area contributed by atoms with Gasteiger partial charge in [0.1, 0.15) is 18.0 Å². The molecule has 0 aliphatic heterocycles. The van der Waals surface area contributed by atoms with Crippen LogP contribution in [0.5, 0.6) is 0 Å². The molecule has 0 aromatic carbocycles. The summed E-state index contributed by atoms with van der Waals surface area (Å²) >= 11 is 0. The standard InChI is InChI=1S/C16H26N4/c1-3-7-17-15-13(4-2)16(19-10-18-15)20-14-9-11-5-6-12(14)8-11/h10-12,14H,3-9H2,1-2H3,(H2,17,18,19,20). The lowest BCUT2D eigenvalue weighted by Crippen LogP contribution is -2.27. The Balaban J connectivity index is 1.75. The minimum absolute atomic E-state index is 0.632. The van der Waals surface area contributed by atoms with Crippen molar-refractivity contribution in [2.75, 3.05) is 17.2 Å². The van der Waals surface area contributed by atoms with Crippen molar-refractivity contribution in [3.63, 3.8) is 0 Å². The number of aromatic nitrogens is 2. The first-order chi connectivity index (χ1) is 9.81. The average molecular weight is 274 g/mol. The zero-order valence-corrected chi connectivity index (χ0v) is 12.7. The smallest absolute Gasteiger partial charge is 0.134 e. The molecular formula is C16H26N4. The van der Waals surface area contributed by atoms with Gasteiger partial charge in [0.25, 0.3) is 0 Å². The molecule has 2 saturated carbocycles. The van der Waals surface area contributed by atoms with Crippen molar-refractivity contribution in [2.24, 2.45) is 11.8 Å². The zero-order valence-electron chi connectivity index (χ0n) is 12.7. The molecule has 4 nitrogen and oxygen atoms in total. The molecule has 2 aliphatic carbocycles. The van der Waals surface area contributed by atoms with E-state index in [1.54, 1.807) is 6.33 Å². The van der Waals surface area contributed by atoms with Crippen molar-refractivity contribution < 1.29 is 0 Å². The Labute approximate surface area is 121 Å². The van der Waals surface area contributed by atoms with E-state index in [4.69, 9.17) is 0 Å². The summed E-state index contributed by atoms with van der Waals surface area (Å²) in [5, 5.41) is 7.14. The maximum atomic E-state index is 4.50. The van der Waals surface area contributed by atoms with Crippen molar-refractivity contribution in [1.29, 1.82) is 0 Å². The SMILES string of the molecule is CCCNc1ncnc(NC2CC3CCC2C3)c1CC. The van der Waals surface area contributed by atoms with Crippen molar-refractivity contribution >= 4 is 11.6 Å². The van der Waals surface area contributed by atoms with Crippen LogP contribution in [0.3, 0.4) is 0 Å². The van der Waals surface area contributed by atoms with E-state index in [2.05, 4.69) is 34.4 Å². The summed E-state index contributed by atoms with van der Waals surface area (Å²) in [6.07, 6.45) is 9.36. The summed E-state index contributed by atoms with van der Waals surface area (Å²) in [6.45, 7) is 5.33. The summed E-state index contributed by atoms with van der Waals surface area (Å²) < 4.78 is 0. The number of nitrogens with one attached hydrogen (secondary N) is 2. The molecule has 0 amide bonds. The monoisotopic (exact) mass is 274 g/mol. The molecule has 110 valence electrons. The molecule has 1 heterocycles. The van der Waals surface area contributed by atoms with E-state index in [-0.39, 0.29) is 0 Å². The number of hydrogen-bond donors (Lipinski definition) is 2. The van der Waals surface area contributed by atoms with Crippen LogP contribution in [0.15, 0.2) is 6.33 Å². The minimum atomic E-state index is 0.632. The van der Waals surface area contributed by atoms with Crippen LogP contribution in [-0.4, -0.2) is 22.6 Å². The molecule has 20 heavy (non-hydrogen) atoms. The molecule has 3 unspecified atom stereocenters. The Morgan fingerprint density at radius 1 is 1.15 bits per heavy atom. The van der Waals surface area contributed by atoms with E-state index < -0.39 is 0 Å². The molecule has 2 N–H and O–H groups in total. The molecule has 0 spiro atoms. The number of fused-ring (bicyclic) bond motifs is 2. The molecule has 2 fully saturated rings. The third-order valence-electron chi connectivity index (χ3n) is 4.90. The normalized spacial score (nSPS) is 27.8. The van der Waals surface area contributed by atoms with Crippen molar-refractivity contribution in [3.05, 3.63) is 11.9 Å². The lowest BCUT2D eigenvalue weighted by Gasteiger charge is -2.25. The highest BCUT2D eigenvalue weighted by atomic mass is 15.1. The van der Waals surface area contributed by atoms with Crippen LogP contribution >= 0.6 is 0 Å². The topological polar surface area (TPSA) is 49.8 Å². The van der Waals surface area contributed by atoms with Gasteiger partial charge in [0, 0.05) is 18.2 Å². The molecule has 3 rings (SSSR count). The van der Waals surface area contributed by atoms with Gasteiger partial charge in [-0.3, -0.25) is 0 Å². The van der Waals surface area contributed by atoms with Gasteiger partial charge >= 0.3 is 0 Å². The summed E-state index contributed by atoms with van der Waals surface area (Å²) in [7, 11) is 0. The first-order valence-corrected chi connectivity index (χ1v) is 8.16. The van der Waals surface area contributed by atoms with Crippen LogP contribution in [0.1, 0.15) is 51.5 Å². The van der Waals surface area contributed by atoms with E-state index >= 15 is 0 Å². The van der Waals surface area contributed by atoms with Gasteiger partial charge in [-0.25, -0.2) is 9.97 Å². The number of rotatable bonds is 6. The highest BCUT2D eigenvalue weighted by Crippen LogP contribution is 2.45. The molecule has 4 heteroatoms. The molecule has 0 saturated heterocycles. The second kappa shape index (κ2) is 5.98. The molecule has 2 aliphatic rings. The minimum Gasteiger partial charge on any atom is -0.370 e. The lowest BCUT2D eigenvalue weighted by atomic mass is 9.95. The number of hydrogen-bond acceptors (Lipinski definition) is 4. The van der Waals surface area contributed by atoms with Gasteiger partial charge in [-0.1, -0.05) is 20.3 Å². The predicted octanol–water partition coefficient (Wildman–Crippen LogP) is 3.46. The highest BCUT2D eigenvalue weighted by Gasteiger charge is 2.39. The molecule has 1 aromatic rings. The maximum absolute atomic E-state index is 4.50. The van der Waals surface area contributed by atoms with Gasteiger partial charge in [0.05, 0.1) is 0 Å². The largest absolute Gasteiger partial charge is 0.370 e. The third-order valence-corrected chi connectivity index (χ3v) is 4.90. The Morgan fingerprint density at radius 3 is 2.65 bits per heavy atom. The number of anilines is 2. The van der Waals surface area contributed by atoms with Crippen LogP contribution in [0.2, 0.25) is 0 Å². The van der Waals surface area contributed by atoms with Crippen molar-refractivity contribution in [3.8, 4) is 0 Å². The molecule has 0 radical (unpaired) electrons. The Bertz CT molecular complexity index is 460. The third kappa shape index (κ3) is 2.60. The predicted molar refractivity (Wildman–Crippen MR) is 83.0 cm³/mol. The van der Waals surface area contributed by atoms with Crippen molar-refractivity contribution in [2.45, 2.75) is 58.4 Å². The molecule has 3 atom stereocenters. The average Bonchev–Trinajstić information content (AvgIpc) is 3.07. The quantitative estimate of drug-likeness (QED) is 0.834. The van der Waals surface area contributed by atoms with Gasteiger partial charge < -0.3 is 10.6 Å². The molecular weight excluding hydrogens is 248 g/mol. The summed E-state index contributed by atoms with van der Waals surface area (Å²) in [5.74, 6) is 3.89.